The highest BCUT2D eigenvalue weighted by molar-refractivity contribution is 6.31. The number of carbonyl (C=O) groups is 3. The number of hydrogen-bond donors (Lipinski definition) is 5. The number of aromatic hydroxyl groups is 1. The molecular weight excluding hydrogens is 450 g/mol. The second-order valence-corrected chi connectivity index (χ2v) is 9.36. The van der Waals surface area contributed by atoms with Gasteiger partial charge in [-0.25, -0.2) is 0 Å². The van der Waals surface area contributed by atoms with E-state index in [0.717, 1.165) is 11.1 Å². The van der Waals surface area contributed by atoms with Crippen molar-refractivity contribution in [3.8, 4) is 5.75 Å². The number of nitrogens with two attached hydrogens (primary N) is 1. The van der Waals surface area contributed by atoms with Crippen LogP contribution in [0.15, 0.2) is 46.2 Å². The summed E-state index contributed by atoms with van der Waals surface area (Å²) in [7, 11) is 0. The average molecular weight is 470 g/mol. The van der Waals surface area contributed by atoms with Gasteiger partial charge in [0.1, 0.15) is 22.8 Å². The van der Waals surface area contributed by atoms with E-state index in [2.05, 4.69) is 0 Å². The topological polar surface area (TPSA) is 158 Å². The summed E-state index contributed by atoms with van der Waals surface area (Å²) in [5, 5.41) is 44.1. The fourth-order valence-electron chi connectivity index (χ4n) is 5.60. The van der Waals surface area contributed by atoms with Crippen LogP contribution in [0.4, 0.5) is 0 Å². The van der Waals surface area contributed by atoms with Gasteiger partial charge >= 0.3 is 0 Å². The predicted molar refractivity (Wildman–Crippen MR) is 118 cm³/mol. The third kappa shape index (κ3) is 2.84. The largest absolute Gasteiger partial charge is 0.508 e. The van der Waals surface area contributed by atoms with Crippen LogP contribution < -0.4 is 5.73 Å². The summed E-state index contributed by atoms with van der Waals surface area (Å²) in [6, 6.07) is 3.13. The van der Waals surface area contributed by atoms with Gasteiger partial charge in [-0.2, -0.15) is 0 Å². The van der Waals surface area contributed by atoms with Crippen LogP contribution in [-0.2, 0) is 20.8 Å². The molecule has 4 aliphatic carbocycles. The number of rotatable bonds is 2. The van der Waals surface area contributed by atoms with Gasteiger partial charge in [-0.15, -0.1) is 0 Å². The fourth-order valence-corrected chi connectivity index (χ4v) is 5.81. The first-order chi connectivity index (χ1) is 15.6. The standard InChI is InChI=1S/C24H20ClNO7/c25-12-2-1-9(6-12)13-3-4-15(27)18-14(13)7-10-5-11-8-16(28)19(23(26)32)22(31)24(11,33)21(30)17(10)20(18)29/h1-4,10-11,27,29,31,33H,5-8H2,(H2,26,32)/t10-,11+,24+/m1/s1. The van der Waals surface area contributed by atoms with Crippen molar-refractivity contribution >= 4 is 40.4 Å². The van der Waals surface area contributed by atoms with Crippen LogP contribution in [0.25, 0.3) is 11.3 Å². The molecule has 33 heavy (non-hydrogen) atoms. The van der Waals surface area contributed by atoms with Crippen molar-refractivity contribution in [1.82, 2.24) is 0 Å². The summed E-state index contributed by atoms with van der Waals surface area (Å²) in [6.07, 6.45) is 4.11. The maximum absolute atomic E-state index is 13.5. The maximum Gasteiger partial charge on any atom is 0.255 e. The Kier molecular flexibility index (Phi) is 4.60. The lowest BCUT2D eigenvalue weighted by Gasteiger charge is -2.46. The van der Waals surface area contributed by atoms with Gasteiger partial charge in [0.2, 0.25) is 5.78 Å². The molecule has 0 unspecified atom stereocenters. The number of Topliss-reactive ketones (excluding diaryl/α,β-unsaturated/α-hetero) is 2. The molecule has 9 heteroatoms. The van der Waals surface area contributed by atoms with Gasteiger partial charge in [-0.05, 0) is 47.6 Å². The minimum Gasteiger partial charge on any atom is -0.508 e. The van der Waals surface area contributed by atoms with Gasteiger partial charge in [0.15, 0.2) is 11.4 Å². The Labute approximate surface area is 193 Å². The Hall–Kier alpha value is -3.36. The smallest absolute Gasteiger partial charge is 0.255 e. The van der Waals surface area contributed by atoms with Gasteiger partial charge in [-0.1, -0.05) is 23.7 Å². The number of primary amides is 1. The van der Waals surface area contributed by atoms with Gasteiger partial charge in [0.05, 0.1) is 5.56 Å². The Morgan fingerprint density at radius 3 is 2.48 bits per heavy atom. The number of ketones is 2. The van der Waals surface area contributed by atoms with E-state index in [0.29, 0.717) is 17.0 Å². The highest BCUT2D eigenvalue weighted by atomic mass is 35.5. The second-order valence-electron chi connectivity index (χ2n) is 8.87. The molecule has 4 aliphatic rings. The lowest BCUT2D eigenvalue weighted by atomic mass is 9.59. The highest BCUT2D eigenvalue weighted by Gasteiger charge is 2.60. The number of fused-ring (bicyclic) bond motifs is 3. The molecule has 1 saturated carbocycles. The summed E-state index contributed by atoms with van der Waals surface area (Å²) in [5.74, 6) is -6.39. The van der Waals surface area contributed by atoms with Crippen molar-refractivity contribution in [2.24, 2.45) is 17.6 Å². The van der Waals surface area contributed by atoms with Crippen LogP contribution in [0, 0.1) is 11.8 Å². The molecule has 3 atom stereocenters. The van der Waals surface area contributed by atoms with Gasteiger partial charge in [0.25, 0.3) is 5.91 Å². The molecule has 0 spiro atoms. The lowest BCUT2D eigenvalue weighted by molar-refractivity contribution is -0.147. The van der Waals surface area contributed by atoms with E-state index in [4.69, 9.17) is 17.3 Å². The first-order valence-corrected chi connectivity index (χ1v) is 10.8. The number of aliphatic hydroxyl groups excluding tert-OH is 2. The zero-order valence-corrected chi connectivity index (χ0v) is 18.0. The predicted octanol–water partition coefficient (Wildman–Crippen LogP) is 2.33. The van der Waals surface area contributed by atoms with Gasteiger partial charge in [0, 0.05) is 29.4 Å². The van der Waals surface area contributed by atoms with E-state index in [-0.39, 0.29) is 36.1 Å². The third-order valence-electron chi connectivity index (χ3n) is 7.12. The summed E-state index contributed by atoms with van der Waals surface area (Å²) >= 11 is 6.12. The molecule has 0 radical (unpaired) electrons. The van der Waals surface area contributed by atoms with Crippen molar-refractivity contribution in [3.05, 3.63) is 62.9 Å². The maximum atomic E-state index is 13.5. The van der Waals surface area contributed by atoms with Crippen molar-refractivity contribution in [2.75, 3.05) is 0 Å². The third-order valence-corrected chi connectivity index (χ3v) is 7.38. The number of amides is 1. The Bertz CT molecular complexity index is 1300. The summed E-state index contributed by atoms with van der Waals surface area (Å²) in [6.45, 7) is 0. The number of phenolic OH excluding ortho intramolecular Hbond substituents is 1. The molecule has 1 amide bonds. The number of carbonyl (C=O) groups excluding carboxylic acids is 3. The van der Waals surface area contributed by atoms with Gasteiger partial charge in [-0.3, -0.25) is 14.4 Å². The summed E-state index contributed by atoms with van der Waals surface area (Å²) < 4.78 is 0. The average Bonchev–Trinajstić information content (AvgIpc) is 3.16. The van der Waals surface area contributed by atoms with Crippen LogP contribution >= 0.6 is 11.6 Å². The van der Waals surface area contributed by atoms with Crippen LogP contribution in [-0.4, -0.2) is 43.5 Å². The van der Waals surface area contributed by atoms with Crippen LogP contribution in [0.1, 0.15) is 36.0 Å². The molecule has 6 N–H and O–H groups in total. The highest BCUT2D eigenvalue weighted by Crippen LogP contribution is 2.53. The van der Waals surface area contributed by atoms with Crippen LogP contribution in [0.3, 0.4) is 0 Å². The van der Waals surface area contributed by atoms with Crippen LogP contribution in [0.2, 0.25) is 0 Å². The van der Waals surface area contributed by atoms with Crippen LogP contribution in [0.5, 0.6) is 5.75 Å². The molecule has 1 fully saturated rings. The normalized spacial score (nSPS) is 28.8. The molecule has 1 aromatic carbocycles. The SMILES string of the molecule is NC(=O)C1=C(O)[C@@]2(O)C(=O)C3=C(O)c4c(O)ccc(C5=CC=C(Cl)C5)c4C[C@H]3C[C@H]2CC1=O. The molecule has 0 aliphatic heterocycles. The van der Waals surface area contributed by atoms with Gasteiger partial charge < -0.3 is 26.2 Å². The molecule has 5 rings (SSSR count). The Balaban J connectivity index is 1.68. The molecule has 0 heterocycles. The van der Waals surface area contributed by atoms with E-state index < -0.39 is 52.0 Å². The van der Waals surface area contributed by atoms with E-state index in [1.54, 1.807) is 12.1 Å². The molecule has 1 aromatic rings. The molecule has 0 saturated heterocycles. The number of allylic oxidation sites excluding steroid dienone is 4. The minimum atomic E-state index is -2.56. The first kappa shape index (κ1) is 21.5. The molecule has 8 nitrogen and oxygen atoms in total. The number of benzene rings is 1. The Morgan fingerprint density at radius 2 is 1.85 bits per heavy atom. The monoisotopic (exact) mass is 469 g/mol. The quantitative estimate of drug-likeness (QED) is 0.416. The molecule has 170 valence electrons. The minimum absolute atomic E-state index is 0.0727. The summed E-state index contributed by atoms with van der Waals surface area (Å²) in [4.78, 5) is 37.6. The lowest BCUT2D eigenvalue weighted by Crippen LogP contribution is -2.58. The van der Waals surface area contributed by atoms with E-state index in [9.17, 15) is 34.8 Å². The van der Waals surface area contributed by atoms with Crippen molar-refractivity contribution in [1.29, 1.82) is 0 Å². The number of phenols is 1. The van der Waals surface area contributed by atoms with Crippen molar-refractivity contribution in [3.63, 3.8) is 0 Å². The van der Waals surface area contributed by atoms with Crippen molar-refractivity contribution in [2.45, 2.75) is 31.3 Å². The molecule has 0 aromatic heterocycles. The number of aliphatic hydroxyl groups is 3. The Morgan fingerprint density at radius 1 is 1.12 bits per heavy atom. The number of hydrogen-bond acceptors (Lipinski definition) is 7. The first-order valence-electron chi connectivity index (χ1n) is 10.4. The van der Waals surface area contributed by atoms with E-state index >= 15 is 0 Å². The fraction of sp³-hybridized carbons (Fsp3) is 0.292. The zero-order chi connectivity index (χ0) is 23.8. The van der Waals surface area contributed by atoms with E-state index in [1.165, 1.54) is 6.07 Å². The summed E-state index contributed by atoms with van der Waals surface area (Å²) in [5.41, 5.74) is 4.03. The zero-order valence-electron chi connectivity index (χ0n) is 17.3. The molecular formula is C24H20ClNO7. The van der Waals surface area contributed by atoms with E-state index in [1.807, 2.05) is 6.08 Å². The molecule has 0 bridgehead atoms. The second kappa shape index (κ2) is 7.07. The van der Waals surface area contributed by atoms with Crippen molar-refractivity contribution < 1.29 is 34.8 Å². The number of halogens is 1.